The predicted molar refractivity (Wildman–Crippen MR) is 239 cm³/mol. The summed E-state index contributed by atoms with van der Waals surface area (Å²) < 4.78 is 15.3. The predicted octanol–water partition coefficient (Wildman–Crippen LogP) is 12.1. The Kier molecular flexibility index (Phi) is 10.3. The highest BCUT2D eigenvalue weighted by Gasteiger charge is 2.39. The van der Waals surface area contributed by atoms with E-state index >= 15 is 0 Å². The second-order valence-corrected chi connectivity index (χ2v) is 18.6. The lowest BCUT2D eigenvalue weighted by atomic mass is 9.74. The van der Waals surface area contributed by atoms with Gasteiger partial charge in [0.1, 0.15) is 29.6 Å². The lowest BCUT2D eigenvalue weighted by Gasteiger charge is -2.40. The minimum atomic E-state index is -0.824. The number of amides is 2. The average Bonchev–Trinajstić information content (AvgIpc) is 3.19. The third-order valence-electron chi connectivity index (χ3n) is 11.1. The van der Waals surface area contributed by atoms with Crippen LogP contribution in [-0.4, -0.2) is 22.0 Å². The highest BCUT2D eigenvalue weighted by molar-refractivity contribution is 9.11. The van der Waals surface area contributed by atoms with Crippen molar-refractivity contribution in [3.05, 3.63) is 175 Å². The third kappa shape index (κ3) is 7.46. The summed E-state index contributed by atoms with van der Waals surface area (Å²) in [5.41, 5.74) is 5.88. The SMILES string of the molecule is CC(C)(C)c1cc(C2Nc3ccccc3C(=O)N2c2ccccc2)cc(C(C)(C)Cc2ccc3c(c2)C(=O)N(c2ccc(F)cc2)C(c2cc(Br)cc(Br)c2O)N3)c1O. The number of carbonyl (C=O) groups excluding carboxylic acids is 2. The largest absolute Gasteiger partial charge is 0.507 e. The molecule has 2 aliphatic rings. The van der Waals surface area contributed by atoms with E-state index in [4.69, 9.17) is 0 Å². The van der Waals surface area contributed by atoms with Crippen LogP contribution in [0.25, 0.3) is 0 Å². The van der Waals surface area contributed by atoms with Crippen molar-refractivity contribution in [3.63, 3.8) is 0 Å². The second-order valence-electron chi connectivity index (χ2n) is 16.8. The van der Waals surface area contributed by atoms with E-state index in [1.807, 2.05) is 84.9 Å². The van der Waals surface area contributed by atoms with Gasteiger partial charge < -0.3 is 20.8 Å². The number of carbonyl (C=O) groups is 2. The number of phenolic OH excluding ortho intramolecular Hbond substituents is 2. The summed E-state index contributed by atoms with van der Waals surface area (Å²) in [5, 5.41) is 30.4. The highest BCUT2D eigenvalue weighted by atomic mass is 79.9. The Morgan fingerprint density at radius 3 is 1.95 bits per heavy atom. The number of halogens is 3. The van der Waals surface area contributed by atoms with Crippen molar-refractivity contribution in [2.45, 2.75) is 64.2 Å². The first-order valence-electron chi connectivity index (χ1n) is 19.3. The Bertz CT molecular complexity index is 2630. The maximum atomic E-state index is 14.7. The number of aromatic hydroxyl groups is 2. The van der Waals surface area contributed by atoms with Crippen LogP contribution >= 0.6 is 31.9 Å². The molecule has 6 aromatic carbocycles. The fourth-order valence-electron chi connectivity index (χ4n) is 8.19. The zero-order valence-corrected chi connectivity index (χ0v) is 36.3. The maximum Gasteiger partial charge on any atom is 0.262 e. The molecule has 2 heterocycles. The molecule has 0 bridgehead atoms. The van der Waals surface area contributed by atoms with Gasteiger partial charge in [-0.3, -0.25) is 19.4 Å². The number of rotatable bonds is 7. The smallest absolute Gasteiger partial charge is 0.262 e. The summed E-state index contributed by atoms with van der Waals surface area (Å²) in [4.78, 5) is 32.2. The number of hydrogen-bond acceptors (Lipinski definition) is 6. The summed E-state index contributed by atoms with van der Waals surface area (Å²) in [6, 6.07) is 35.9. The van der Waals surface area contributed by atoms with Crippen molar-refractivity contribution in [1.82, 2.24) is 0 Å². The first kappa shape index (κ1) is 40.1. The maximum absolute atomic E-state index is 14.7. The molecule has 0 aromatic heterocycles. The number of anilines is 4. The van der Waals surface area contributed by atoms with E-state index in [0.717, 1.165) is 28.1 Å². The van der Waals surface area contributed by atoms with E-state index in [1.165, 1.54) is 17.0 Å². The highest BCUT2D eigenvalue weighted by Crippen LogP contribution is 2.47. The summed E-state index contributed by atoms with van der Waals surface area (Å²) in [5.74, 6) is -0.756. The number of benzene rings is 6. The number of phenols is 2. The molecule has 2 unspecified atom stereocenters. The average molecular weight is 919 g/mol. The van der Waals surface area contributed by atoms with Crippen molar-refractivity contribution in [3.8, 4) is 11.5 Å². The zero-order chi connectivity index (χ0) is 42.0. The van der Waals surface area contributed by atoms with E-state index < -0.39 is 29.0 Å². The van der Waals surface area contributed by atoms with Crippen LogP contribution < -0.4 is 20.4 Å². The lowest BCUT2D eigenvalue weighted by molar-refractivity contribution is 0.0966. The number of fused-ring (bicyclic) bond motifs is 2. The molecule has 4 N–H and O–H groups in total. The van der Waals surface area contributed by atoms with Crippen molar-refractivity contribution in [2.24, 2.45) is 0 Å². The standard InChI is InChI=1S/C48H43Br2FN4O4/c1-47(2,3)36-22-28(43-52-39-14-10-9-13-33(39)45(58)54(43)31-11-7-6-8-12-31)23-37(42(36)57)48(4,5)26-27-15-20-40-34(21-27)46(59)55(32-18-16-30(51)17-19-32)44(53-40)35-24-29(49)25-38(50)41(35)56/h6-25,43-44,52-53,56-57H,26H2,1-5H3. The van der Waals surface area contributed by atoms with E-state index in [-0.39, 0.29) is 23.3 Å². The van der Waals surface area contributed by atoms with Gasteiger partial charge in [0, 0.05) is 38.3 Å². The summed E-state index contributed by atoms with van der Waals surface area (Å²) in [6.07, 6.45) is -0.968. The second kappa shape index (κ2) is 15.2. The van der Waals surface area contributed by atoms with E-state index in [9.17, 15) is 24.2 Å². The Hall–Kier alpha value is -5.65. The van der Waals surface area contributed by atoms with Gasteiger partial charge in [0.25, 0.3) is 11.8 Å². The quantitative estimate of drug-likeness (QED) is 0.127. The van der Waals surface area contributed by atoms with Crippen LogP contribution in [-0.2, 0) is 17.3 Å². The van der Waals surface area contributed by atoms with Crippen LogP contribution in [0.2, 0.25) is 0 Å². The molecule has 11 heteroatoms. The van der Waals surface area contributed by atoms with Crippen LogP contribution in [0, 0.1) is 5.82 Å². The number of para-hydroxylation sites is 2. The van der Waals surface area contributed by atoms with Gasteiger partial charge in [-0.2, -0.15) is 0 Å². The molecule has 59 heavy (non-hydrogen) atoms. The van der Waals surface area contributed by atoms with Crippen molar-refractivity contribution in [2.75, 3.05) is 20.4 Å². The summed E-state index contributed by atoms with van der Waals surface area (Å²) >= 11 is 6.94. The van der Waals surface area contributed by atoms with Gasteiger partial charge in [-0.05, 0) is 135 Å². The zero-order valence-electron chi connectivity index (χ0n) is 33.1. The molecule has 0 saturated heterocycles. The molecule has 2 amide bonds. The molecule has 8 nitrogen and oxygen atoms in total. The van der Waals surface area contributed by atoms with Gasteiger partial charge in [0.05, 0.1) is 15.6 Å². The van der Waals surface area contributed by atoms with E-state index in [1.54, 1.807) is 29.2 Å². The van der Waals surface area contributed by atoms with Crippen LogP contribution in [0.4, 0.5) is 27.1 Å². The lowest BCUT2D eigenvalue weighted by Crippen LogP contribution is -2.43. The number of nitrogens with one attached hydrogen (secondary N) is 2. The molecule has 2 atom stereocenters. The van der Waals surface area contributed by atoms with E-state index in [0.29, 0.717) is 49.0 Å². The van der Waals surface area contributed by atoms with Gasteiger partial charge in [-0.25, -0.2) is 4.39 Å². The van der Waals surface area contributed by atoms with Crippen molar-refractivity contribution < 1.29 is 24.2 Å². The molecule has 0 spiro atoms. The molecule has 8 rings (SSSR count). The molecule has 0 radical (unpaired) electrons. The Morgan fingerprint density at radius 2 is 1.24 bits per heavy atom. The van der Waals surface area contributed by atoms with Crippen molar-refractivity contribution in [1.29, 1.82) is 0 Å². The molecule has 0 fully saturated rings. The molecule has 0 aliphatic carbocycles. The van der Waals surface area contributed by atoms with Gasteiger partial charge in [-0.15, -0.1) is 0 Å². The normalized spacial score (nSPS) is 16.6. The Morgan fingerprint density at radius 1 is 0.644 bits per heavy atom. The Balaban J connectivity index is 1.20. The van der Waals surface area contributed by atoms with Gasteiger partial charge in [0.2, 0.25) is 0 Å². The first-order valence-corrected chi connectivity index (χ1v) is 20.9. The molecular weight excluding hydrogens is 875 g/mol. The van der Waals surface area contributed by atoms with Gasteiger partial charge in [0.15, 0.2) is 0 Å². The minimum absolute atomic E-state index is 0.0343. The first-order chi connectivity index (χ1) is 28.0. The van der Waals surface area contributed by atoms with E-state index in [2.05, 4.69) is 77.1 Å². The van der Waals surface area contributed by atoms with Crippen molar-refractivity contribution >= 4 is 66.4 Å². The minimum Gasteiger partial charge on any atom is -0.507 e. The molecule has 300 valence electrons. The monoisotopic (exact) mass is 916 g/mol. The number of nitrogens with zero attached hydrogens (tertiary/aromatic N) is 2. The third-order valence-corrected chi connectivity index (χ3v) is 12.2. The van der Waals surface area contributed by atoms with Crippen LogP contribution in [0.1, 0.15) is 95.5 Å². The van der Waals surface area contributed by atoms with Crippen LogP contribution in [0.3, 0.4) is 0 Å². The molecular formula is C48H43Br2FN4O4. The molecule has 2 aliphatic heterocycles. The fraction of sp³-hybridized carbons (Fsp3) is 0.208. The number of hydrogen-bond donors (Lipinski definition) is 4. The Labute approximate surface area is 360 Å². The topological polar surface area (TPSA) is 105 Å². The van der Waals surface area contributed by atoms with Gasteiger partial charge in [-0.1, -0.05) is 86.9 Å². The van der Waals surface area contributed by atoms with Gasteiger partial charge >= 0.3 is 0 Å². The fourth-order valence-corrected chi connectivity index (χ4v) is 9.45. The molecule has 6 aromatic rings. The van der Waals surface area contributed by atoms with Crippen LogP contribution in [0.15, 0.2) is 130 Å². The summed E-state index contributed by atoms with van der Waals surface area (Å²) in [7, 11) is 0. The molecule has 0 saturated carbocycles. The van der Waals surface area contributed by atoms with Crippen LogP contribution in [0.5, 0.6) is 11.5 Å². The summed E-state index contributed by atoms with van der Waals surface area (Å²) in [6.45, 7) is 10.3.